The zero-order valence-corrected chi connectivity index (χ0v) is 10.5. The minimum absolute atomic E-state index is 0.514. The van der Waals surface area contributed by atoms with E-state index in [0.29, 0.717) is 5.41 Å². The molecule has 2 aliphatic rings. The Morgan fingerprint density at radius 2 is 2.12 bits per heavy atom. The van der Waals surface area contributed by atoms with Crippen molar-refractivity contribution in [1.82, 2.24) is 9.78 Å². The third-order valence-electron chi connectivity index (χ3n) is 4.26. The molecule has 1 spiro atoms. The molecule has 0 atom stereocenters. The molecule has 1 aromatic heterocycles. The van der Waals surface area contributed by atoms with Crippen LogP contribution in [0.5, 0.6) is 0 Å². The molecule has 88 valence electrons. The largest absolute Gasteiger partial charge is 0.368 e. The molecule has 3 rings (SSSR count). The van der Waals surface area contributed by atoms with E-state index in [-0.39, 0.29) is 0 Å². The quantitative estimate of drug-likeness (QED) is 0.847. The van der Waals surface area contributed by atoms with Crippen LogP contribution in [0.4, 0.5) is 5.82 Å². The lowest BCUT2D eigenvalue weighted by atomic mass is 9.60. The SMILES string of the molecule is Cc1cn(C)nc1NCC1(C)CC2(CC2)C1. The number of hydrogen-bond acceptors (Lipinski definition) is 2. The first-order valence-corrected chi connectivity index (χ1v) is 6.25. The fourth-order valence-electron chi connectivity index (χ4n) is 3.49. The fourth-order valence-corrected chi connectivity index (χ4v) is 3.49. The molecule has 1 N–H and O–H groups in total. The molecular weight excluding hydrogens is 198 g/mol. The van der Waals surface area contributed by atoms with Gasteiger partial charge < -0.3 is 5.32 Å². The topological polar surface area (TPSA) is 29.9 Å². The van der Waals surface area contributed by atoms with Gasteiger partial charge in [0.15, 0.2) is 5.82 Å². The summed E-state index contributed by atoms with van der Waals surface area (Å²) in [5, 5.41) is 7.94. The third-order valence-corrected chi connectivity index (χ3v) is 4.26. The predicted molar refractivity (Wildman–Crippen MR) is 65.4 cm³/mol. The zero-order valence-electron chi connectivity index (χ0n) is 10.5. The molecule has 0 radical (unpaired) electrons. The number of anilines is 1. The van der Waals surface area contributed by atoms with Crippen LogP contribution in [0.3, 0.4) is 0 Å². The molecule has 3 nitrogen and oxygen atoms in total. The van der Waals surface area contributed by atoms with Crippen LogP contribution in [-0.4, -0.2) is 16.3 Å². The Morgan fingerprint density at radius 1 is 1.44 bits per heavy atom. The van der Waals surface area contributed by atoms with E-state index in [9.17, 15) is 0 Å². The highest BCUT2D eigenvalue weighted by Gasteiger charge is 2.58. The van der Waals surface area contributed by atoms with Crippen molar-refractivity contribution in [3.05, 3.63) is 11.8 Å². The average molecular weight is 219 g/mol. The van der Waals surface area contributed by atoms with E-state index in [2.05, 4.69) is 30.5 Å². The number of nitrogens with one attached hydrogen (secondary N) is 1. The maximum absolute atomic E-state index is 4.43. The van der Waals surface area contributed by atoms with Crippen LogP contribution in [0.1, 0.15) is 38.2 Å². The molecule has 0 unspecified atom stereocenters. The molecule has 1 heterocycles. The summed E-state index contributed by atoms with van der Waals surface area (Å²) in [6.07, 6.45) is 7.85. The molecule has 2 saturated carbocycles. The lowest BCUT2D eigenvalue weighted by Gasteiger charge is -2.46. The minimum Gasteiger partial charge on any atom is -0.368 e. The first kappa shape index (κ1) is 10.2. The van der Waals surface area contributed by atoms with E-state index in [4.69, 9.17) is 0 Å². The second kappa shape index (κ2) is 3.02. The van der Waals surface area contributed by atoms with Gasteiger partial charge in [-0.3, -0.25) is 4.68 Å². The number of hydrogen-bond donors (Lipinski definition) is 1. The van der Waals surface area contributed by atoms with Crippen LogP contribution in [0.25, 0.3) is 0 Å². The standard InChI is InChI=1S/C13H21N3/c1-10-6-16(3)15-11(10)14-9-12(2)7-13(8-12)4-5-13/h6H,4-5,7-9H2,1-3H3,(H,14,15). The van der Waals surface area contributed by atoms with E-state index < -0.39 is 0 Å². The van der Waals surface area contributed by atoms with Gasteiger partial charge in [0.2, 0.25) is 0 Å². The molecule has 0 bridgehead atoms. The number of rotatable bonds is 3. The summed E-state index contributed by atoms with van der Waals surface area (Å²) in [7, 11) is 1.97. The van der Waals surface area contributed by atoms with Crippen LogP contribution in [0.15, 0.2) is 6.20 Å². The molecule has 0 aromatic carbocycles. The summed E-state index contributed by atoms with van der Waals surface area (Å²) in [4.78, 5) is 0. The predicted octanol–water partition coefficient (Wildman–Crippen LogP) is 2.72. The van der Waals surface area contributed by atoms with Crippen LogP contribution in [0, 0.1) is 17.8 Å². The van der Waals surface area contributed by atoms with Gasteiger partial charge in [-0.15, -0.1) is 0 Å². The maximum atomic E-state index is 4.43. The van der Waals surface area contributed by atoms with Crippen molar-refractivity contribution in [2.24, 2.45) is 17.9 Å². The van der Waals surface area contributed by atoms with Crippen molar-refractivity contribution in [3.63, 3.8) is 0 Å². The Balaban J connectivity index is 1.58. The highest BCUT2D eigenvalue weighted by Crippen LogP contribution is 2.68. The summed E-state index contributed by atoms with van der Waals surface area (Å²) in [5.74, 6) is 1.06. The van der Waals surface area contributed by atoms with Gasteiger partial charge in [0.25, 0.3) is 0 Å². The smallest absolute Gasteiger partial charge is 0.150 e. The Kier molecular flexibility index (Phi) is 1.92. The van der Waals surface area contributed by atoms with Crippen molar-refractivity contribution in [1.29, 1.82) is 0 Å². The fraction of sp³-hybridized carbons (Fsp3) is 0.769. The first-order valence-electron chi connectivity index (χ1n) is 6.25. The molecule has 16 heavy (non-hydrogen) atoms. The summed E-state index contributed by atoms with van der Waals surface area (Å²) in [6, 6.07) is 0. The van der Waals surface area contributed by atoms with Gasteiger partial charge in [-0.25, -0.2) is 0 Å². The van der Waals surface area contributed by atoms with Gasteiger partial charge in [0, 0.05) is 25.4 Å². The molecule has 0 saturated heterocycles. The van der Waals surface area contributed by atoms with Crippen LogP contribution in [-0.2, 0) is 7.05 Å². The summed E-state index contributed by atoms with van der Waals surface area (Å²) in [6.45, 7) is 5.59. The molecule has 1 aromatic rings. The van der Waals surface area contributed by atoms with Gasteiger partial charge in [0.05, 0.1) is 0 Å². The lowest BCUT2D eigenvalue weighted by molar-refractivity contribution is 0.0689. The first-order chi connectivity index (χ1) is 7.50. The molecule has 0 amide bonds. The number of aryl methyl sites for hydroxylation is 2. The molecule has 0 aliphatic heterocycles. The van der Waals surface area contributed by atoms with Crippen LogP contribution in [0.2, 0.25) is 0 Å². The van der Waals surface area contributed by atoms with Crippen molar-refractivity contribution in [2.75, 3.05) is 11.9 Å². The number of nitrogens with zero attached hydrogens (tertiary/aromatic N) is 2. The second-order valence-corrected chi connectivity index (χ2v) is 6.35. The van der Waals surface area contributed by atoms with Gasteiger partial charge in [-0.05, 0) is 43.4 Å². The van der Waals surface area contributed by atoms with Crippen LogP contribution < -0.4 is 5.32 Å². The summed E-state index contributed by atoms with van der Waals surface area (Å²) >= 11 is 0. The highest BCUT2D eigenvalue weighted by atomic mass is 15.3. The summed E-state index contributed by atoms with van der Waals surface area (Å²) in [5.41, 5.74) is 2.54. The Bertz CT molecular complexity index is 407. The van der Waals surface area contributed by atoms with E-state index in [1.807, 2.05) is 11.7 Å². The summed E-state index contributed by atoms with van der Waals surface area (Å²) < 4.78 is 1.88. The van der Waals surface area contributed by atoms with Crippen molar-refractivity contribution in [3.8, 4) is 0 Å². The van der Waals surface area contributed by atoms with E-state index in [1.165, 1.54) is 31.2 Å². The lowest BCUT2D eigenvalue weighted by Crippen LogP contribution is -2.41. The molecule has 3 heteroatoms. The maximum Gasteiger partial charge on any atom is 0.150 e. The highest BCUT2D eigenvalue weighted by molar-refractivity contribution is 5.42. The molecule has 2 aliphatic carbocycles. The Morgan fingerprint density at radius 3 is 2.62 bits per heavy atom. The normalized spacial score (nSPS) is 24.2. The van der Waals surface area contributed by atoms with Crippen LogP contribution >= 0.6 is 0 Å². The average Bonchev–Trinajstić information content (AvgIpc) is 2.84. The molecular formula is C13H21N3. The van der Waals surface area contributed by atoms with E-state index >= 15 is 0 Å². The van der Waals surface area contributed by atoms with E-state index in [0.717, 1.165) is 17.8 Å². The van der Waals surface area contributed by atoms with Crippen molar-refractivity contribution in [2.45, 2.75) is 39.5 Å². The van der Waals surface area contributed by atoms with E-state index in [1.54, 1.807) is 0 Å². The Labute approximate surface area is 97.2 Å². The van der Waals surface area contributed by atoms with Gasteiger partial charge in [0.1, 0.15) is 0 Å². The molecule has 2 fully saturated rings. The minimum atomic E-state index is 0.514. The van der Waals surface area contributed by atoms with Crippen molar-refractivity contribution < 1.29 is 0 Å². The number of aromatic nitrogens is 2. The zero-order chi connectivity index (χ0) is 11.4. The van der Waals surface area contributed by atoms with Gasteiger partial charge in [-0.1, -0.05) is 6.92 Å². The van der Waals surface area contributed by atoms with Gasteiger partial charge in [-0.2, -0.15) is 5.10 Å². The monoisotopic (exact) mass is 219 g/mol. The third kappa shape index (κ3) is 1.62. The van der Waals surface area contributed by atoms with Crippen molar-refractivity contribution >= 4 is 5.82 Å². The second-order valence-electron chi connectivity index (χ2n) is 6.35. The van der Waals surface area contributed by atoms with Gasteiger partial charge >= 0.3 is 0 Å². The Hall–Kier alpha value is -0.990.